The van der Waals surface area contributed by atoms with Crippen LogP contribution >= 0.6 is 0 Å². The molecule has 2 rings (SSSR count). The van der Waals surface area contributed by atoms with Crippen molar-refractivity contribution in [1.29, 1.82) is 0 Å². The van der Waals surface area contributed by atoms with Crippen molar-refractivity contribution in [2.24, 2.45) is 7.05 Å². The van der Waals surface area contributed by atoms with E-state index >= 15 is 0 Å². The van der Waals surface area contributed by atoms with Gasteiger partial charge in [0.15, 0.2) is 5.82 Å². The van der Waals surface area contributed by atoms with Crippen LogP contribution < -0.4 is 0 Å². The number of rotatable bonds is 7. The Morgan fingerprint density at radius 2 is 2.05 bits per heavy atom. The van der Waals surface area contributed by atoms with Gasteiger partial charge in [-0.3, -0.25) is 9.69 Å². The summed E-state index contributed by atoms with van der Waals surface area (Å²) in [6, 6.07) is 9.94. The summed E-state index contributed by atoms with van der Waals surface area (Å²) in [4.78, 5) is 15.1. The van der Waals surface area contributed by atoms with Gasteiger partial charge in [0.2, 0.25) is 0 Å². The molecule has 21 heavy (non-hydrogen) atoms. The SMILES string of the molecule is CCOC(=O)CN(Cc1ccccc1)Cc1nnn(C)n1. The van der Waals surface area contributed by atoms with Crippen LogP contribution in [0.25, 0.3) is 0 Å². The van der Waals surface area contributed by atoms with Gasteiger partial charge in [0.1, 0.15) is 0 Å². The molecule has 7 heteroatoms. The van der Waals surface area contributed by atoms with E-state index in [9.17, 15) is 4.79 Å². The Balaban J connectivity index is 2.04. The molecule has 0 unspecified atom stereocenters. The first kappa shape index (κ1) is 15.1. The van der Waals surface area contributed by atoms with Crippen LogP contribution in [0.2, 0.25) is 0 Å². The number of ether oxygens (including phenoxy) is 1. The molecular formula is C14H19N5O2. The maximum atomic E-state index is 11.7. The number of tetrazole rings is 1. The predicted molar refractivity (Wildman–Crippen MR) is 76.0 cm³/mol. The fraction of sp³-hybridized carbons (Fsp3) is 0.429. The Hall–Kier alpha value is -2.28. The highest BCUT2D eigenvalue weighted by atomic mass is 16.5. The highest BCUT2D eigenvalue weighted by Crippen LogP contribution is 2.07. The van der Waals surface area contributed by atoms with Gasteiger partial charge in [0, 0.05) is 6.54 Å². The molecule has 0 bridgehead atoms. The summed E-state index contributed by atoms with van der Waals surface area (Å²) < 4.78 is 5.01. The molecule has 112 valence electrons. The Morgan fingerprint density at radius 1 is 1.29 bits per heavy atom. The molecule has 0 saturated heterocycles. The second-order valence-corrected chi connectivity index (χ2v) is 4.63. The molecule has 2 aromatic rings. The summed E-state index contributed by atoms with van der Waals surface area (Å²) >= 11 is 0. The zero-order valence-electron chi connectivity index (χ0n) is 12.3. The average molecular weight is 289 g/mol. The molecule has 0 saturated carbocycles. The average Bonchev–Trinajstić information content (AvgIpc) is 2.85. The second kappa shape index (κ2) is 7.49. The number of nitrogens with zero attached hydrogens (tertiary/aromatic N) is 5. The van der Waals surface area contributed by atoms with E-state index in [-0.39, 0.29) is 12.5 Å². The topological polar surface area (TPSA) is 73.1 Å². The van der Waals surface area contributed by atoms with Gasteiger partial charge >= 0.3 is 5.97 Å². The number of benzene rings is 1. The highest BCUT2D eigenvalue weighted by molar-refractivity contribution is 5.71. The van der Waals surface area contributed by atoms with Crippen molar-refractivity contribution in [3.8, 4) is 0 Å². The Kier molecular flexibility index (Phi) is 5.39. The van der Waals surface area contributed by atoms with Gasteiger partial charge in [-0.15, -0.1) is 10.2 Å². The molecule has 1 aromatic carbocycles. The van der Waals surface area contributed by atoms with Crippen LogP contribution in [-0.4, -0.2) is 44.2 Å². The summed E-state index contributed by atoms with van der Waals surface area (Å²) in [6.45, 7) is 3.44. The van der Waals surface area contributed by atoms with Crippen LogP contribution in [0.15, 0.2) is 30.3 Å². The molecule has 0 N–H and O–H groups in total. The zero-order chi connectivity index (χ0) is 15.1. The van der Waals surface area contributed by atoms with E-state index in [1.807, 2.05) is 35.2 Å². The quantitative estimate of drug-likeness (QED) is 0.701. The van der Waals surface area contributed by atoms with Crippen molar-refractivity contribution in [2.45, 2.75) is 20.0 Å². The molecule has 7 nitrogen and oxygen atoms in total. The fourth-order valence-electron chi connectivity index (χ4n) is 1.99. The minimum absolute atomic E-state index is 0.195. The standard InChI is InChI=1S/C14H19N5O2/c1-3-21-14(20)11-19(9-12-7-5-4-6-8-12)10-13-15-17-18(2)16-13/h4-8H,3,9-11H2,1-2H3. The first-order chi connectivity index (χ1) is 10.2. The van der Waals surface area contributed by atoms with E-state index in [0.29, 0.717) is 25.5 Å². The number of esters is 1. The maximum absolute atomic E-state index is 11.7. The van der Waals surface area contributed by atoms with Gasteiger partial charge in [-0.1, -0.05) is 30.3 Å². The van der Waals surface area contributed by atoms with Gasteiger partial charge in [0.25, 0.3) is 0 Å². The Bertz CT molecular complexity index is 570. The Morgan fingerprint density at radius 3 is 2.67 bits per heavy atom. The molecule has 0 aliphatic heterocycles. The molecule has 0 aliphatic carbocycles. The smallest absolute Gasteiger partial charge is 0.320 e. The van der Waals surface area contributed by atoms with Crippen LogP contribution in [0.3, 0.4) is 0 Å². The largest absolute Gasteiger partial charge is 0.465 e. The fourth-order valence-corrected chi connectivity index (χ4v) is 1.99. The number of aryl methyl sites for hydroxylation is 1. The monoisotopic (exact) mass is 289 g/mol. The van der Waals surface area contributed by atoms with Crippen molar-refractivity contribution in [2.75, 3.05) is 13.2 Å². The second-order valence-electron chi connectivity index (χ2n) is 4.63. The number of carbonyl (C=O) groups excluding carboxylic acids is 1. The lowest BCUT2D eigenvalue weighted by atomic mass is 10.2. The molecule has 0 aliphatic rings. The predicted octanol–water partition coefficient (Wildman–Crippen LogP) is 0.775. The molecule has 0 amide bonds. The van der Waals surface area contributed by atoms with E-state index in [4.69, 9.17) is 4.74 Å². The van der Waals surface area contributed by atoms with E-state index in [1.54, 1.807) is 14.0 Å². The molecule has 1 heterocycles. The number of aromatic nitrogens is 4. The van der Waals surface area contributed by atoms with Gasteiger partial charge in [0.05, 0.1) is 26.7 Å². The van der Waals surface area contributed by atoms with Gasteiger partial charge in [-0.05, 0) is 17.7 Å². The van der Waals surface area contributed by atoms with E-state index in [0.717, 1.165) is 5.56 Å². The molecule has 0 atom stereocenters. The maximum Gasteiger partial charge on any atom is 0.320 e. The highest BCUT2D eigenvalue weighted by Gasteiger charge is 2.15. The zero-order valence-corrected chi connectivity index (χ0v) is 12.3. The summed E-state index contributed by atoms with van der Waals surface area (Å²) in [5.74, 6) is 0.329. The summed E-state index contributed by atoms with van der Waals surface area (Å²) in [7, 11) is 1.71. The molecule has 0 spiro atoms. The van der Waals surface area contributed by atoms with Crippen molar-refractivity contribution in [3.05, 3.63) is 41.7 Å². The van der Waals surface area contributed by atoms with Gasteiger partial charge in [-0.25, -0.2) is 0 Å². The van der Waals surface area contributed by atoms with Crippen LogP contribution in [0, 0.1) is 0 Å². The lowest BCUT2D eigenvalue weighted by molar-refractivity contribution is -0.144. The van der Waals surface area contributed by atoms with Crippen molar-refractivity contribution in [3.63, 3.8) is 0 Å². The third kappa shape index (κ3) is 4.96. The molecular weight excluding hydrogens is 270 g/mol. The number of hydrogen-bond donors (Lipinski definition) is 0. The molecule has 1 aromatic heterocycles. The number of hydrogen-bond acceptors (Lipinski definition) is 6. The normalized spacial score (nSPS) is 10.8. The third-order valence-electron chi connectivity index (χ3n) is 2.82. The van der Waals surface area contributed by atoms with Crippen molar-refractivity contribution >= 4 is 5.97 Å². The summed E-state index contributed by atoms with van der Waals surface area (Å²) in [6.07, 6.45) is 0. The Labute approximate surface area is 123 Å². The lowest BCUT2D eigenvalue weighted by Gasteiger charge is -2.19. The minimum atomic E-state index is -0.252. The third-order valence-corrected chi connectivity index (χ3v) is 2.82. The molecule has 0 fully saturated rings. The molecule has 0 radical (unpaired) electrons. The van der Waals surface area contributed by atoms with Crippen molar-refractivity contribution < 1.29 is 9.53 Å². The van der Waals surface area contributed by atoms with Crippen LogP contribution in [-0.2, 0) is 29.7 Å². The van der Waals surface area contributed by atoms with E-state index < -0.39 is 0 Å². The summed E-state index contributed by atoms with van der Waals surface area (Å²) in [5.41, 5.74) is 1.12. The van der Waals surface area contributed by atoms with Gasteiger partial charge in [-0.2, -0.15) is 4.80 Å². The van der Waals surface area contributed by atoms with Crippen LogP contribution in [0.5, 0.6) is 0 Å². The summed E-state index contributed by atoms with van der Waals surface area (Å²) in [5, 5.41) is 11.9. The van der Waals surface area contributed by atoms with E-state index in [1.165, 1.54) is 4.80 Å². The van der Waals surface area contributed by atoms with Crippen LogP contribution in [0.4, 0.5) is 0 Å². The first-order valence-corrected chi connectivity index (χ1v) is 6.82. The van der Waals surface area contributed by atoms with Gasteiger partial charge < -0.3 is 4.74 Å². The lowest BCUT2D eigenvalue weighted by Crippen LogP contribution is -2.30. The van der Waals surface area contributed by atoms with Crippen LogP contribution in [0.1, 0.15) is 18.3 Å². The minimum Gasteiger partial charge on any atom is -0.465 e. The first-order valence-electron chi connectivity index (χ1n) is 6.82. The van der Waals surface area contributed by atoms with Crippen molar-refractivity contribution in [1.82, 2.24) is 25.1 Å². The van der Waals surface area contributed by atoms with E-state index in [2.05, 4.69) is 15.4 Å². The number of carbonyl (C=O) groups is 1.